The number of nitrogens with one attached hydrogen (secondary N) is 1. The molecule has 1 aromatic heterocycles. The van der Waals surface area contributed by atoms with Gasteiger partial charge in [0, 0.05) is 16.6 Å². The second kappa shape index (κ2) is 4.69. The van der Waals surface area contributed by atoms with Crippen molar-refractivity contribution < 1.29 is 4.39 Å². The first-order valence-corrected chi connectivity index (χ1v) is 6.87. The predicted molar refractivity (Wildman–Crippen MR) is 77.7 cm³/mol. The molecule has 98 valence electrons. The summed E-state index contributed by atoms with van der Waals surface area (Å²) in [6, 6.07) is 7.52. The molecule has 1 N–H and O–H groups in total. The first-order chi connectivity index (χ1) is 9.19. The molecule has 0 amide bonds. The molecule has 19 heavy (non-hydrogen) atoms. The normalized spacial score (nSPS) is 16.0. The second-order valence-corrected chi connectivity index (χ2v) is 5.25. The number of aromatic nitrogens is 1. The Morgan fingerprint density at radius 2 is 2.16 bits per heavy atom. The van der Waals surface area contributed by atoms with E-state index in [4.69, 9.17) is 0 Å². The van der Waals surface area contributed by atoms with Crippen molar-refractivity contribution in [1.29, 1.82) is 0 Å². The summed E-state index contributed by atoms with van der Waals surface area (Å²) >= 11 is 0. The molecule has 0 unspecified atom stereocenters. The first kappa shape index (κ1) is 12.2. The number of rotatable bonds is 3. The van der Waals surface area contributed by atoms with E-state index in [9.17, 15) is 4.39 Å². The van der Waals surface area contributed by atoms with Crippen LogP contribution in [0.25, 0.3) is 23.9 Å². The maximum Gasteiger partial charge on any atom is 0.132 e. The molecule has 0 spiro atoms. The highest BCUT2D eigenvalue weighted by molar-refractivity contribution is 5.61. The Balaban J connectivity index is 2.04. The van der Waals surface area contributed by atoms with Crippen molar-refractivity contribution >= 4 is 12.7 Å². The Kier molecular flexibility index (Phi) is 3.02. The topological polar surface area (TPSA) is 15.8 Å². The van der Waals surface area contributed by atoms with Crippen molar-refractivity contribution in [1.82, 2.24) is 4.98 Å². The summed E-state index contributed by atoms with van der Waals surface area (Å²) in [6.45, 7) is 6.06. The van der Waals surface area contributed by atoms with Gasteiger partial charge in [-0.05, 0) is 54.2 Å². The molecule has 1 aromatic carbocycles. The molecule has 1 nitrogen and oxygen atoms in total. The smallest absolute Gasteiger partial charge is 0.132 e. The van der Waals surface area contributed by atoms with Crippen molar-refractivity contribution in [2.24, 2.45) is 0 Å². The molecule has 1 saturated carbocycles. The van der Waals surface area contributed by atoms with Gasteiger partial charge in [-0.15, -0.1) is 0 Å². The fourth-order valence-electron chi connectivity index (χ4n) is 2.47. The summed E-state index contributed by atoms with van der Waals surface area (Å²) in [7, 11) is 0. The lowest BCUT2D eigenvalue weighted by atomic mass is 10.1. The Bertz CT molecular complexity index is 707. The first-order valence-electron chi connectivity index (χ1n) is 6.87. The van der Waals surface area contributed by atoms with Gasteiger partial charge in [-0.25, -0.2) is 4.39 Å². The van der Waals surface area contributed by atoms with Gasteiger partial charge >= 0.3 is 0 Å². The van der Waals surface area contributed by atoms with E-state index in [0.29, 0.717) is 11.5 Å². The molecule has 0 bridgehead atoms. The Morgan fingerprint density at radius 1 is 1.37 bits per heavy atom. The predicted octanol–water partition coefficient (Wildman–Crippen LogP) is 3.30. The van der Waals surface area contributed by atoms with Crippen LogP contribution in [0.4, 0.5) is 4.39 Å². The quantitative estimate of drug-likeness (QED) is 0.866. The third-order valence-corrected chi connectivity index (χ3v) is 3.67. The van der Waals surface area contributed by atoms with Crippen LogP contribution in [0.5, 0.6) is 0 Å². The third-order valence-electron chi connectivity index (χ3n) is 3.67. The van der Waals surface area contributed by atoms with E-state index in [2.05, 4.69) is 24.6 Å². The summed E-state index contributed by atoms with van der Waals surface area (Å²) in [6.07, 6.45) is 5.40. The van der Waals surface area contributed by atoms with E-state index >= 15 is 0 Å². The highest BCUT2D eigenvalue weighted by atomic mass is 19.1. The van der Waals surface area contributed by atoms with Gasteiger partial charge in [-0.3, -0.25) is 0 Å². The van der Waals surface area contributed by atoms with Gasteiger partial charge in [0.1, 0.15) is 5.82 Å². The van der Waals surface area contributed by atoms with Gasteiger partial charge in [0.15, 0.2) is 0 Å². The van der Waals surface area contributed by atoms with Gasteiger partial charge in [0.25, 0.3) is 0 Å². The SMILES string of the molecule is C=c1cc(-c2ccc(C3CC3)cc2F)[nH]/c1=C/CC. The zero-order chi connectivity index (χ0) is 13.4. The molecule has 0 radical (unpaired) electrons. The third kappa shape index (κ3) is 2.35. The summed E-state index contributed by atoms with van der Waals surface area (Å²) in [5, 5.41) is 1.91. The van der Waals surface area contributed by atoms with Gasteiger partial charge in [0.05, 0.1) is 0 Å². The van der Waals surface area contributed by atoms with Gasteiger partial charge in [-0.1, -0.05) is 25.6 Å². The van der Waals surface area contributed by atoms with Gasteiger partial charge in [-0.2, -0.15) is 0 Å². The molecule has 3 rings (SSSR count). The maximum atomic E-state index is 14.2. The van der Waals surface area contributed by atoms with Crippen molar-refractivity contribution in [2.45, 2.75) is 32.1 Å². The second-order valence-electron chi connectivity index (χ2n) is 5.25. The minimum absolute atomic E-state index is 0.145. The molecule has 1 heterocycles. The number of hydrogen-bond acceptors (Lipinski definition) is 0. The van der Waals surface area contributed by atoms with Crippen LogP contribution in [0.2, 0.25) is 0 Å². The zero-order valence-corrected chi connectivity index (χ0v) is 11.2. The average Bonchev–Trinajstić information content (AvgIpc) is 3.16. The number of benzene rings is 1. The standard InChI is InChI=1S/C17H18FN/c1-3-4-16-11(2)9-17(19-16)14-8-7-13(10-15(14)18)12-5-6-12/h4,7-10,12,19H,2-3,5-6H2,1H3/b16-4+. The molecule has 1 aliphatic carbocycles. The van der Waals surface area contributed by atoms with Crippen LogP contribution >= 0.6 is 0 Å². The van der Waals surface area contributed by atoms with E-state index in [1.54, 1.807) is 6.07 Å². The van der Waals surface area contributed by atoms with E-state index in [1.807, 2.05) is 18.2 Å². The van der Waals surface area contributed by atoms with Crippen LogP contribution in [0, 0.1) is 5.82 Å². The van der Waals surface area contributed by atoms with Crippen LogP contribution < -0.4 is 10.6 Å². The summed E-state index contributed by atoms with van der Waals surface area (Å²) in [5.41, 5.74) is 2.57. The van der Waals surface area contributed by atoms with Crippen LogP contribution in [-0.2, 0) is 0 Å². The summed E-state index contributed by atoms with van der Waals surface area (Å²) < 4.78 is 14.2. The lowest BCUT2D eigenvalue weighted by molar-refractivity contribution is 0.628. The van der Waals surface area contributed by atoms with Crippen LogP contribution in [0.15, 0.2) is 24.3 Å². The van der Waals surface area contributed by atoms with Gasteiger partial charge in [0.2, 0.25) is 0 Å². The molecule has 0 saturated heterocycles. The zero-order valence-electron chi connectivity index (χ0n) is 11.2. The minimum Gasteiger partial charge on any atom is -0.355 e. The van der Waals surface area contributed by atoms with Gasteiger partial charge < -0.3 is 4.98 Å². The lowest BCUT2D eigenvalue weighted by Crippen LogP contribution is -2.19. The van der Waals surface area contributed by atoms with Crippen molar-refractivity contribution in [2.75, 3.05) is 0 Å². The Hall–Kier alpha value is -1.83. The fourth-order valence-corrected chi connectivity index (χ4v) is 2.47. The fraction of sp³-hybridized carbons (Fsp3) is 0.294. The van der Waals surface area contributed by atoms with Crippen molar-refractivity contribution in [3.8, 4) is 11.3 Å². The molecule has 2 heteroatoms. The monoisotopic (exact) mass is 255 g/mol. The molecular formula is C17H18FN. The molecule has 0 atom stereocenters. The summed E-state index contributed by atoms with van der Waals surface area (Å²) in [5.74, 6) is 0.438. The number of halogens is 1. The highest BCUT2D eigenvalue weighted by Crippen LogP contribution is 2.40. The van der Waals surface area contributed by atoms with E-state index in [1.165, 1.54) is 12.8 Å². The molecule has 1 fully saturated rings. The number of aromatic amines is 1. The molecule has 0 aliphatic heterocycles. The lowest BCUT2D eigenvalue weighted by Gasteiger charge is -2.03. The Labute approximate surface area is 112 Å². The number of H-pyrrole nitrogens is 1. The summed E-state index contributed by atoms with van der Waals surface area (Å²) in [4.78, 5) is 3.25. The molecule has 1 aliphatic rings. The number of hydrogen-bond donors (Lipinski definition) is 1. The van der Waals surface area contributed by atoms with E-state index in [-0.39, 0.29) is 5.82 Å². The maximum absolute atomic E-state index is 14.2. The van der Waals surface area contributed by atoms with Crippen LogP contribution in [-0.4, -0.2) is 4.98 Å². The van der Waals surface area contributed by atoms with Crippen molar-refractivity contribution in [3.63, 3.8) is 0 Å². The molecule has 2 aromatic rings. The van der Waals surface area contributed by atoms with Crippen molar-refractivity contribution in [3.05, 3.63) is 46.2 Å². The van der Waals surface area contributed by atoms with Crippen LogP contribution in [0.1, 0.15) is 37.7 Å². The average molecular weight is 255 g/mol. The minimum atomic E-state index is -0.145. The largest absolute Gasteiger partial charge is 0.355 e. The van der Waals surface area contributed by atoms with Crippen LogP contribution in [0.3, 0.4) is 0 Å². The van der Waals surface area contributed by atoms with E-state index < -0.39 is 0 Å². The highest BCUT2D eigenvalue weighted by Gasteiger charge is 2.24. The molecular weight excluding hydrogens is 237 g/mol. The Morgan fingerprint density at radius 3 is 2.79 bits per heavy atom. The van der Waals surface area contributed by atoms with E-state index in [0.717, 1.165) is 28.2 Å².